The van der Waals surface area contributed by atoms with Gasteiger partial charge in [-0.3, -0.25) is 14.5 Å². The molecule has 2 amide bonds. The summed E-state index contributed by atoms with van der Waals surface area (Å²) in [6, 6.07) is 3.77. The molecule has 1 aromatic rings. The monoisotopic (exact) mass is 309 g/mol. The molecule has 6 heteroatoms. The minimum absolute atomic E-state index is 0.0315. The molecular formula is C15H23N3O2S. The Kier molecular flexibility index (Phi) is 5.36. The predicted octanol–water partition coefficient (Wildman–Crippen LogP) is 1.61. The van der Waals surface area contributed by atoms with Crippen LogP contribution in [0.5, 0.6) is 0 Å². The lowest BCUT2D eigenvalue weighted by Crippen LogP contribution is -2.51. The van der Waals surface area contributed by atoms with Crippen molar-refractivity contribution >= 4 is 23.2 Å². The molecule has 0 bridgehead atoms. The van der Waals surface area contributed by atoms with E-state index in [1.807, 2.05) is 36.4 Å². The van der Waals surface area contributed by atoms with E-state index >= 15 is 0 Å². The Morgan fingerprint density at radius 2 is 2.29 bits per heavy atom. The van der Waals surface area contributed by atoms with Crippen LogP contribution in [-0.2, 0) is 9.59 Å². The zero-order valence-corrected chi connectivity index (χ0v) is 13.4. The molecule has 0 radical (unpaired) electrons. The molecular weight excluding hydrogens is 286 g/mol. The van der Waals surface area contributed by atoms with Crippen molar-refractivity contribution in [2.75, 3.05) is 20.1 Å². The van der Waals surface area contributed by atoms with Gasteiger partial charge in [0.05, 0.1) is 18.6 Å². The lowest BCUT2D eigenvalue weighted by Gasteiger charge is -2.35. The SMILES string of the molecule is CC(c1cccs1)N(C)C(=O)CN1CCCCC1C(N)=O. The van der Waals surface area contributed by atoms with Gasteiger partial charge in [-0.15, -0.1) is 11.3 Å². The van der Waals surface area contributed by atoms with Crippen molar-refractivity contribution in [2.45, 2.75) is 38.3 Å². The molecule has 1 aromatic heterocycles. The van der Waals surface area contributed by atoms with Gasteiger partial charge in [0.2, 0.25) is 11.8 Å². The van der Waals surface area contributed by atoms with Gasteiger partial charge in [0, 0.05) is 11.9 Å². The van der Waals surface area contributed by atoms with Gasteiger partial charge in [0.15, 0.2) is 0 Å². The van der Waals surface area contributed by atoms with E-state index in [1.54, 1.807) is 16.2 Å². The molecule has 1 aliphatic heterocycles. The normalized spacial score (nSPS) is 21.0. The van der Waals surface area contributed by atoms with Crippen LogP contribution in [0.1, 0.15) is 37.1 Å². The molecule has 0 spiro atoms. The molecule has 0 saturated carbocycles. The highest BCUT2D eigenvalue weighted by molar-refractivity contribution is 7.10. The summed E-state index contributed by atoms with van der Waals surface area (Å²) >= 11 is 1.65. The molecule has 2 heterocycles. The number of primary amides is 1. The molecule has 1 fully saturated rings. The third kappa shape index (κ3) is 3.83. The van der Waals surface area contributed by atoms with Crippen LogP contribution in [0.15, 0.2) is 17.5 Å². The third-order valence-electron chi connectivity index (χ3n) is 4.21. The Hall–Kier alpha value is -1.40. The fraction of sp³-hybridized carbons (Fsp3) is 0.600. The molecule has 0 aromatic carbocycles. The summed E-state index contributed by atoms with van der Waals surface area (Å²) in [6.45, 7) is 3.05. The van der Waals surface area contributed by atoms with Crippen LogP contribution in [0.2, 0.25) is 0 Å². The van der Waals surface area contributed by atoms with Crippen LogP contribution in [0, 0.1) is 0 Å². The number of rotatable bonds is 5. The molecule has 2 N–H and O–H groups in total. The molecule has 2 atom stereocenters. The van der Waals surface area contributed by atoms with Crippen LogP contribution in [0.25, 0.3) is 0 Å². The summed E-state index contributed by atoms with van der Waals surface area (Å²) in [5.74, 6) is -0.291. The maximum absolute atomic E-state index is 12.5. The summed E-state index contributed by atoms with van der Waals surface area (Å²) in [6.07, 6.45) is 2.77. The number of likely N-dealkylation sites (tertiary alicyclic amines) is 1. The number of amides is 2. The number of carbonyl (C=O) groups is 2. The first-order valence-electron chi connectivity index (χ1n) is 7.33. The Labute approximate surface area is 129 Å². The van der Waals surface area contributed by atoms with Gasteiger partial charge < -0.3 is 10.6 Å². The molecule has 116 valence electrons. The lowest BCUT2D eigenvalue weighted by molar-refractivity contribution is -0.135. The van der Waals surface area contributed by atoms with Crippen molar-refractivity contribution in [1.29, 1.82) is 0 Å². The average Bonchev–Trinajstić information content (AvgIpc) is 3.00. The van der Waals surface area contributed by atoms with E-state index in [-0.39, 0.29) is 30.4 Å². The van der Waals surface area contributed by atoms with Gasteiger partial charge in [-0.25, -0.2) is 0 Å². The average molecular weight is 309 g/mol. The van der Waals surface area contributed by atoms with E-state index in [0.29, 0.717) is 0 Å². The zero-order valence-electron chi connectivity index (χ0n) is 12.6. The van der Waals surface area contributed by atoms with Crippen LogP contribution in [0.3, 0.4) is 0 Å². The molecule has 1 aliphatic rings. The van der Waals surface area contributed by atoms with Crippen molar-refractivity contribution in [2.24, 2.45) is 5.73 Å². The highest BCUT2D eigenvalue weighted by Gasteiger charge is 2.30. The number of thiophene rings is 1. The Balaban J connectivity index is 1.97. The largest absolute Gasteiger partial charge is 0.368 e. The Bertz CT molecular complexity index is 489. The van der Waals surface area contributed by atoms with Gasteiger partial charge in [0.1, 0.15) is 0 Å². The number of piperidine rings is 1. The Morgan fingerprint density at radius 1 is 1.52 bits per heavy atom. The number of hydrogen-bond acceptors (Lipinski definition) is 4. The first-order chi connectivity index (χ1) is 10.0. The van der Waals surface area contributed by atoms with E-state index in [0.717, 1.165) is 30.7 Å². The van der Waals surface area contributed by atoms with E-state index in [2.05, 4.69) is 0 Å². The summed E-state index contributed by atoms with van der Waals surface area (Å²) < 4.78 is 0. The van der Waals surface area contributed by atoms with Crippen LogP contribution in [0.4, 0.5) is 0 Å². The minimum atomic E-state index is -0.323. The van der Waals surface area contributed by atoms with Crippen molar-refractivity contribution < 1.29 is 9.59 Å². The topological polar surface area (TPSA) is 66.6 Å². The lowest BCUT2D eigenvalue weighted by atomic mass is 10.0. The molecule has 2 rings (SSSR count). The maximum atomic E-state index is 12.5. The highest BCUT2D eigenvalue weighted by atomic mass is 32.1. The molecule has 21 heavy (non-hydrogen) atoms. The van der Waals surface area contributed by atoms with Crippen molar-refractivity contribution in [3.63, 3.8) is 0 Å². The van der Waals surface area contributed by atoms with Gasteiger partial charge in [-0.05, 0) is 37.8 Å². The second kappa shape index (κ2) is 7.04. The first-order valence-corrected chi connectivity index (χ1v) is 8.21. The predicted molar refractivity (Wildman–Crippen MR) is 83.9 cm³/mol. The van der Waals surface area contributed by atoms with E-state index < -0.39 is 0 Å². The number of carbonyl (C=O) groups excluding carboxylic acids is 2. The van der Waals surface area contributed by atoms with E-state index in [9.17, 15) is 9.59 Å². The second-order valence-electron chi connectivity index (χ2n) is 5.58. The summed E-state index contributed by atoms with van der Waals surface area (Å²) in [7, 11) is 1.82. The van der Waals surface area contributed by atoms with Crippen molar-refractivity contribution in [3.8, 4) is 0 Å². The second-order valence-corrected chi connectivity index (χ2v) is 6.56. The summed E-state index contributed by atoms with van der Waals surface area (Å²) in [4.78, 5) is 28.8. The van der Waals surface area contributed by atoms with Gasteiger partial charge in [0.25, 0.3) is 0 Å². The number of likely N-dealkylation sites (N-methyl/N-ethyl adjacent to an activating group) is 1. The van der Waals surface area contributed by atoms with Crippen molar-refractivity contribution in [3.05, 3.63) is 22.4 Å². The quantitative estimate of drug-likeness (QED) is 0.898. The van der Waals surface area contributed by atoms with Crippen LogP contribution >= 0.6 is 11.3 Å². The number of nitrogens with zero attached hydrogens (tertiary/aromatic N) is 2. The number of nitrogens with two attached hydrogens (primary N) is 1. The Morgan fingerprint density at radius 3 is 2.90 bits per heavy atom. The highest BCUT2D eigenvalue weighted by Crippen LogP contribution is 2.24. The van der Waals surface area contributed by atoms with E-state index in [1.165, 1.54) is 0 Å². The van der Waals surface area contributed by atoms with Crippen LogP contribution in [-0.4, -0.2) is 47.8 Å². The fourth-order valence-corrected chi connectivity index (χ4v) is 3.55. The van der Waals surface area contributed by atoms with Gasteiger partial charge in [-0.1, -0.05) is 12.5 Å². The number of hydrogen-bond donors (Lipinski definition) is 1. The molecule has 0 aliphatic carbocycles. The maximum Gasteiger partial charge on any atom is 0.237 e. The van der Waals surface area contributed by atoms with Gasteiger partial charge >= 0.3 is 0 Å². The fourth-order valence-electron chi connectivity index (χ4n) is 2.72. The van der Waals surface area contributed by atoms with Gasteiger partial charge in [-0.2, -0.15) is 0 Å². The van der Waals surface area contributed by atoms with E-state index in [4.69, 9.17) is 5.73 Å². The smallest absolute Gasteiger partial charge is 0.237 e. The van der Waals surface area contributed by atoms with Crippen LogP contribution < -0.4 is 5.73 Å². The summed E-state index contributed by atoms with van der Waals surface area (Å²) in [5, 5.41) is 2.01. The zero-order chi connectivity index (χ0) is 15.4. The first kappa shape index (κ1) is 16.0. The molecule has 2 unspecified atom stereocenters. The molecule has 5 nitrogen and oxygen atoms in total. The minimum Gasteiger partial charge on any atom is -0.368 e. The third-order valence-corrected chi connectivity index (χ3v) is 5.25. The molecule has 1 saturated heterocycles. The summed E-state index contributed by atoms with van der Waals surface area (Å²) in [5.41, 5.74) is 5.44. The van der Waals surface area contributed by atoms with Crippen molar-refractivity contribution in [1.82, 2.24) is 9.80 Å². The standard InChI is InChI=1S/C15H23N3O2S/c1-11(13-7-5-9-21-13)17(2)14(19)10-18-8-4-3-6-12(18)15(16)20/h5,7,9,11-12H,3-4,6,8,10H2,1-2H3,(H2,16,20).